The van der Waals surface area contributed by atoms with Crippen LogP contribution >= 0.6 is 24.0 Å². The van der Waals surface area contributed by atoms with E-state index in [1.54, 1.807) is 13.1 Å². The van der Waals surface area contributed by atoms with Crippen LogP contribution in [-0.2, 0) is 4.79 Å². The number of amides is 1. The molecule has 7 nitrogen and oxygen atoms in total. The predicted molar refractivity (Wildman–Crippen MR) is 132 cm³/mol. The highest BCUT2D eigenvalue weighted by Crippen LogP contribution is 2.18. The van der Waals surface area contributed by atoms with Crippen molar-refractivity contribution in [3.8, 4) is 11.5 Å². The lowest BCUT2D eigenvalue weighted by molar-refractivity contribution is -0.114. The zero-order valence-electron chi connectivity index (χ0n) is 17.9. The number of rotatable bonds is 9. The van der Waals surface area contributed by atoms with Gasteiger partial charge in [0.1, 0.15) is 24.2 Å². The second kappa shape index (κ2) is 13.7. The first-order valence-electron chi connectivity index (χ1n) is 9.65. The number of anilines is 1. The molecule has 2 aromatic rings. The van der Waals surface area contributed by atoms with Crippen LogP contribution in [0.1, 0.15) is 19.4 Å². The Bertz CT molecular complexity index is 830. The average Bonchev–Trinajstić information content (AvgIpc) is 2.69. The molecule has 2 aromatic carbocycles. The maximum Gasteiger partial charge on any atom is 0.221 e. The maximum absolute atomic E-state index is 11.1. The number of carbonyl (C=O) groups excluding carboxylic acids is 1. The van der Waals surface area contributed by atoms with Gasteiger partial charge < -0.3 is 25.4 Å². The van der Waals surface area contributed by atoms with Crippen LogP contribution in [0.15, 0.2) is 53.5 Å². The lowest BCUT2D eigenvalue weighted by atomic mass is 10.2. The van der Waals surface area contributed by atoms with Gasteiger partial charge in [0.25, 0.3) is 0 Å². The number of hydrogen-bond donors (Lipinski definition) is 3. The smallest absolute Gasteiger partial charge is 0.221 e. The molecule has 0 bridgehead atoms. The number of carbonyl (C=O) groups is 1. The van der Waals surface area contributed by atoms with Gasteiger partial charge in [-0.15, -0.1) is 24.0 Å². The topological polar surface area (TPSA) is 84.0 Å². The minimum absolute atomic E-state index is 0. The number of benzene rings is 2. The fraction of sp³-hybridized carbons (Fsp3) is 0.364. The van der Waals surface area contributed by atoms with E-state index in [0.29, 0.717) is 37.1 Å². The summed E-state index contributed by atoms with van der Waals surface area (Å²) in [4.78, 5) is 15.3. The molecule has 0 aliphatic carbocycles. The van der Waals surface area contributed by atoms with Crippen LogP contribution in [0.4, 0.5) is 5.69 Å². The van der Waals surface area contributed by atoms with Crippen molar-refractivity contribution >= 4 is 41.5 Å². The Balaban J connectivity index is 0.00000450. The van der Waals surface area contributed by atoms with E-state index < -0.39 is 0 Å². The molecular weight excluding hydrogens is 495 g/mol. The molecule has 1 amide bonds. The Morgan fingerprint density at radius 2 is 1.90 bits per heavy atom. The highest BCUT2D eigenvalue weighted by atomic mass is 127. The van der Waals surface area contributed by atoms with Gasteiger partial charge in [-0.3, -0.25) is 9.79 Å². The van der Waals surface area contributed by atoms with Gasteiger partial charge in [-0.1, -0.05) is 24.3 Å². The number of aliphatic imine (C=N–C) groups is 1. The minimum atomic E-state index is -0.112. The van der Waals surface area contributed by atoms with E-state index in [9.17, 15) is 4.79 Å². The molecule has 0 saturated carbocycles. The van der Waals surface area contributed by atoms with Gasteiger partial charge in [0, 0.05) is 25.7 Å². The Hall–Kier alpha value is -2.49. The Morgan fingerprint density at radius 1 is 1.13 bits per heavy atom. The van der Waals surface area contributed by atoms with Crippen molar-refractivity contribution in [1.82, 2.24) is 10.6 Å². The van der Waals surface area contributed by atoms with Gasteiger partial charge in [-0.05, 0) is 37.6 Å². The van der Waals surface area contributed by atoms with Gasteiger partial charge in [0.15, 0.2) is 5.96 Å². The summed E-state index contributed by atoms with van der Waals surface area (Å²) >= 11 is 0. The molecule has 1 unspecified atom stereocenters. The van der Waals surface area contributed by atoms with Crippen LogP contribution < -0.4 is 25.4 Å². The molecule has 0 aliphatic heterocycles. The van der Waals surface area contributed by atoms with Crippen LogP contribution in [0.5, 0.6) is 11.5 Å². The first-order chi connectivity index (χ1) is 14.0. The number of para-hydroxylation sites is 1. The van der Waals surface area contributed by atoms with E-state index in [0.717, 1.165) is 11.3 Å². The molecule has 0 aliphatic rings. The summed E-state index contributed by atoms with van der Waals surface area (Å²) in [6, 6.07) is 15.3. The molecule has 0 saturated heterocycles. The third kappa shape index (κ3) is 9.34. The van der Waals surface area contributed by atoms with Crippen LogP contribution in [0, 0.1) is 6.92 Å². The van der Waals surface area contributed by atoms with Gasteiger partial charge in [0.05, 0.1) is 13.1 Å². The van der Waals surface area contributed by atoms with E-state index >= 15 is 0 Å². The quantitative estimate of drug-likeness (QED) is 0.201. The van der Waals surface area contributed by atoms with Crippen LogP contribution in [0.2, 0.25) is 0 Å². The predicted octanol–water partition coefficient (Wildman–Crippen LogP) is 3.58. The summed E-state index contributed by atoms with van der Waals surface area (Å²) in [5.74, 6) is 2.15. The number of guanidine groups is 1. The molecule has 1 atom stereocenters. The van der Waals surface area contributed by atoms with Crippen LogP contribution in [-0.4, -0.2) is 44.7 Å². The van der Waals surface area contributed by atoms with E-state index in [2.05, 4.69) is 20.9 Å². The number of nitrogens with one attached hydrogen (secondary N) is 3. The maximum atomic E-state index is 11.1. The molecule has 0 heterocycles. The fourth-order valence-corrected chi connectivity index (χ4v) is 2.61. The van der Waals surface area contributed by atoms with Crippen LogP contribution in [0.3, 0.4) is 0 Å². The molecule has 0 spiro atoms. The van der Waals surface area contributed by atoms with Crippen molar-refractivity contribution < 1.29 is 14.3 Å². The highest BCUT2D eigenvalue weighted by Gasteiger charge is 2.07. The highest BCUT2D eigenvalue weighted by molar-refractivity contribution is 14.0. The Kier molecular flexibility index (Phi) is 11.7. The van der Waals surface area contributed by atoms with Crippen molar-refractivity contribution in [1.29, 1.82) is 0 Å². The molecule has 0 aromatic heterocycles. The van der Waals surface area contributed by atoms with Crippen molar-refractivity contribution in [3.05, 3.63) is 54.1 Å². The van der Waals surface area contributed by atoms with E-state index in [-0.39, 0.29) is 36.0 Å². The summed E-state index contributed by atoms with van der Waals surface area (Å²) in [6.45, 7) is 7.17. The normalized spacial score (nSPS) is 11.7. The van der Waals surface area contributed by atoms with Crippen molar-refractivity contribution in [2.45, 2.75) is 26.9 Å². The average molecular weight is 526 g/mol. The van der Waals surface area contributed by atoms with E-state index in [1.807, 2.05) is 56.3 Å². The standard InChI is InChI=1S/C22H30N4O3.HI/c1-16-8-5-6-11-21(16)29-17(2)15-25-22(23-4)24-12-13-28-20-10-7-9-19(14-20)26-18(3)27;/h5-11,14,17H,12-13,15H2,1-4H3,(H,26,27)(H2,23,24,25);1H. The third-order valence-electron chi connectivity index (χ3n) is 4.02. The number of nitrogens with zero attached hydrogens (tertiary/aromatic N) is 1. The van der Waals surface area contributed by atoms with Gasteiger partial charge in [-0.25, -0.2) is 0 Å². The third-order valence-corrected chi connectivity index (χ3v) is 4.02. The fourth-order valence-electron chi connectivity index (χ4n) is 2.61. The monoisotopic (exact) mass is 526 g/mol. The largest absolute Gasteiger partial charge is 0.492 e. The first-order valence-corrected chi connectivity index (χ1v) is 9.65. The summed E-state index contributed by atoms with van der Waals surface area (Å²) < 4.78 is 11.7. The van der Waals surface area contributed by atoms with Gasteiger partial charge in [0.2, 0.25) is 5.91 Å². The Morgan fingerprint density at radius 3 is 2.60 bits per heavy atom. The van der Waals surface area contributed by atoms with E-state index in [1.165, 1.54) is 6.92 Å². The number of ether oxygens (including phenoxy) is 2. The number of hydrogen-bond acceptors (Lipinski definition) is 4. The Labute approximate surface area is 195 Å². The molecule has 30 heavy (non-hydrogen) atoms. The van der Waals surface area contributed by atoms with Crippen molar-refractivity contribution in [2.75, 3.05) is 32.1 Å². The molecule has 0 fully saturated rings. The molecule has 164 valence electrons. The molecule has 8 heteroatoms. The summed E-state index contributed by atoms with van der Waals surface area (Å²) in [6.07, 6.45) is -0.0117. The number of aryl methyl sites for hydroxylation is 1. The zero-order valence-corrected chi connectivity index (χ0v) is 20.2. The molecule has 0 radical (unpaired) electrons. The lowest BCUT2D eigenvalue weighted by Gasteiger charge is -2.19. The molecule has 2 rings (SSSR count). The summed E-state index contributed by atoms with van der Waals surface area (Å²) in [7, 11) is 1.72. The first kappa shape index (κ1) is 25.5. The minimum Gasteiger partial charge on any atom is -0.492 e. The zero-order chi connectivity index (χ0) is 21.1. The molecular formula is C22H31IN4O3. The van der Waals surface area contributed by atoms with Crippen molar-refractivity contribution in [3.63, 3.8) is 0 Å². The number of halogens is 1. The summed E-state index contributed by atoms with van der Waals surface area (Å²) in [5, 5.41) is 9.19. The van der Waals surface area contributed by atoms with Gasteiger partial charge in [-0.2, -0.15) is 0 Å². The lowest BCUT2D eigenvalue weighted by Crippen LogP contribution is -2.43. The van der Waals surface area contributed by atoms with E-state index in [4.69, 9.17) is 9.47 Å². The van der Waals surface area contributed by atoms with Crippen LogP contribution in [0.25, 0.3) is 0 Å². The molecule has 3 N–H and O–H groups in total. The second-order valence-corrected chi connectivity index (χ2v) is 6.63. The van der Waals surface area contributed by atoms with Gasteiger partial charge >= 0.3 is 0 Å². The second-order valence-electron chi connectivity index (χ2n) is 6.63. The van der Waals surface area contributed by atoms with Crippen molar-refractivity contribution in [2.24, 2.45) is 4.99 Å². The summed E-state index contributed by atoms with van der Waals surface area (Å²) in [5.41, 5.74) is 1.82. The SMILES string of the molecule is CN=C(NCCOc1cccc(NC(C)=O)c1)NCC(C)Oc1ccccc1C.I.